The normalized spacial score (nSPS) is 19.0. The molecule has 0 saturated carbocycles. The minimum Gasteiger partial charge on any atom is -0.490 e. The summed E-state index contributed by atoms with van der Waals surface area (Å²) in [5.41, 5.74) is 2.49. The zero-order valence-corrected chi connectivity index (χ0v) is 15.5. The Morgan fingerprint density at radius 1 is 1.15 bits per heavy atom. The molecule has 4 rings (SSSR count). The van der Waals surface area contributed by atoms with Crippen molar-refractivity contribution >= 4 is 10.9 Å². The van der Waals surface area contributed by atoms with Crippen LogP contribution in [0.25, 0.3) is 10.9 Å². The van der Waals surface area contributed by atoms with Gasteiger partial charge in [0.15, 0.2) is 0 Å². The molecule has 0 aliphatic carbocycles. The molecule has 0 fully saturated rings. The first kappa shape index (κ1) is 17.8. The first-order valence-electron chi connectivity index (χ1n) is 9.18. The summed E-state index contributed by atoms with van der Waals surface area (Å²) in [6.07, 6.45) is -1.10. The first-order chi connectivity index (χ1) is 13.1. The van der Waals surface area contributed by atoms with E-state index in [4.69, 9.17) is 14.2 Å². The van der Waals surface area contributed by atoms with Gasteiger partial charge in [-0.3, -0.25) is 0 Å². The van der Waals surface area contributed by atoms with E-state index in [1.807, 2.05) is 68.4 Å². The number of rotatable bonds is 5. The monoisotopic (exact) mass is 365 g/mol. The Morgan fingerprint density at radius 3 is 2.85 bits per heavy atom. The molecule has 2 heterocycles. The summed E-state index contributed by atoms with van der Waals surface area (Å²) in [7, 11) is 0. The number of pyridine rings is 1. The van der Waals surface area contributed by atoms with Crippen LogP contribution >= 0.6 is 0 Å². The summed E-state index contributed by atoms with van der Waals surface area (Å²) in [6.45, 7) is 4.58. The number of fused-ring (bicyclic) bond motifs is 2. The highest BCUT2D eigenvalue weighted by atomic mass is 16.6. The lowest BCUT2D eigenvalue weighted by Gasteiger charge is -2.31. The number of para-hydroxylation sites is 1. The average Bonchev–Trinajstić information content (AvgIpc) is 2.68. The number of aliphatic hydroxyl groups excluding tert-OH is 1. The van der Waals surface area contributed by atoms with Gasteiger partial charge in [-0.1, -0.05) is 24.3 Å². The number of aromatic nitrogens is 1. The van der Waals surface area contributed by atoms with Gasteiger partial charge in [0.25, 0.3) is 0 Å². The van der Waals surface area contributed by atoms with E-state index in [-0.39, 0.29) is 12.2 Å². The Bertz CT molecular complexity index is 940. The topological polar surface area (TPSA) is 60.8 Å². The maximum Gasteiger partial charge on any atom is 0.130 e. The van der Waals surface area contributed by atoms with E-state index in [0.29, 0.717) is 30.3 Å². The lowest BCUT2D eigenvalue weighted by atomic mass is 10.0. The summed E-state index contributed by atoms with van der Waals surface area (Å²) < 4.78 is 17.4. The van der Waals surface area contributed by atoms with Gasteiger partial charge in [0.05, 0.1) is 17.3 Å². The third-order valence-corrected chi connectivity index (χ3v) is 4.54. The quantitative estimate of drug-likeness (QED) is 0.740. The van der Waals surface area contributed by atoms with Crippen LogP contribution in [0.1, 0.15) is 31.2 Å². The summed E-state index contributed by atoms with van der Waals surface area (Å²) >= 11 is 0. The van der Waals surface area contributed by atoms with E-state index in [9.17, 15) is 5.11 Å². The fourth-order valence-electron chi connectivity index (χ4n) is 3.25. The van der Waals surface area contributed by atoms with Crippen molar-refractivity contribution in [3.05, 3.63) is 65.9 Å². The SMILES string of the molecule is CC(C)O[C@@H]1COc2ccc(OCc3ccc4ccccc4n3)cc2[C@H]1O. The van der Waals surface area contributed by atoms with Crippen molar-refractivity contribution < 1.29 is 19.3 Å². The average molecular weight is 365 g/mol. The number of aliphatic hydroxyl groups is 1. The molecule has 0 amide bonds. The van der Waals surface area contributed by atoms with Crippen LogP contribution in [0.15, 0.2) is 54.6 Å². The standard InChI is InChI=1S/C22H23NO4/c1-14(2)27-21-13-26-20-10-9-17(11-18(20)22(21)24)25-12-16-8-7-15-5-3-4-6-19(15)23-16/h3-11,14,21-22,24H,12-13H2,1-2H3/t21-,22-/m1/s1. The summed E-state index contributed by atoms with van der Waals surface area (Å²) in [5, 5.41) is 11.7. The highest BCUT2D eigenvalue weighted by Crippen LogP contribution is 2.36. The lowest BCUT2D eigenvalue weighted by molar-refractivity contribution is -0.0949. The van der Waals surface area contributed by atoms with Crippen molar-refractivity contribution in [2.24, 2.45) is 0 Å². The predicted molar refractivity (Wildman–Crippen MR) is 103 cm³/mol. The molecule has 1 aliphatic heterocycles. The van der Waals surface area contributed by atoms with E-state index in [0.717, 1.165) is 16.6 Å². The van der Waals surface area contributed by atoms with E-state index >= 15 is 0 Å². The van der Waals surface area contributed by atoms with Gasteiger partial charge in [0.1, 0.15) is 36.9 Å². The van der Waals surface area contributed by atoms with Gasteiger partial charge in [0.2, 0.25) is 0 Å². The zero-order chi connectivity index (χ0) is 18.8. The summed E-state index contributed by atoms with van der Waals surface area (Å²) in [6, 6.07) is 17.5. The maximum absolute atomic E-state index is 10.6. The molecule has 1 N–H and O–H groups in total. The van der Waals surface area contributed by atoms with Crippen molar-refractivity contribution in [2.45, 2.75) is 38.8 Å². The van der Waals surface area contributed by atoms with Gasteiger partial charge < -0.3 is 19.3 Å². The van der Waals surface area contributed by atoms with Crippen LogP contribution < -0.4 is 9.47 Å². The maximum atomic E-state index is 10.6. The van der Waals surface area contributed by atoms with Gasteiger partial charge in [-0.05, 0) is 44.2 Å². The second-order valence-electron chi connectivity index (χ2n) is 6.96. The first-order valence-corrected chi connectivity index (χ1v) is 9.18. The van der Waals surface area contributed by atoms with Crippen molar-refractivity contribution in [3.63, 3.8) is 0 Å². The Labute approximate surface area is 158 Å². The Morgan fingerprint density at radius 2 is 2.00 bits per heavy atom. The number of benzene rings is 2. The Kier molecular flexibility index (Phi) is 4.97. The Hall–Kier alpha value is -2.63. The van der Waals surface area contributed by atoms with Gasteiger partial charge in [-0.2, -0.15) is 0 Å². The van der Waals surface area contributed by atoms with Crippen LogP contribution in [0.3, 0.4) is 0 Å². The van der Waals surface area contributed by atoms with Crippen LogP contribution in [0.5, 0.6) is 11.5 Å². The largest absolute Gasteiger partial charge is 0.490 e. The lowest BCUT2D eigenvalue weighted by Crippen LogP contribution is -2.35. The minimum atomic E-state index is -0.738. The second-order valence-corrected chi connectivity index (χ2v) is 6.96. The molecule has 0 radical (unpaired) electrons. The molecule has 2 aromatic carbocycles. The van der Waals surface area contributed by atoms with Crippen molar-refractivity contribution in [3.8, 4) is 11.5 Å². The fraction of sp³-hybridized carbons (Fsp3) is 0.318. The Balaban J connectivity index is 1.49. The highest BCUT2D eigenvalue weighted by molar-refractivity contribution is 5.78. The smallest absolute Gasteiger partial charge is 0.130 e. The number of hydrogen-bond donors (Lipinski definition) is 1. The molecule has 1 aliphatic rings. The molecule has 1 aromatic heterocycles. The predicted octanol–water partition coefficient (Wildman–Crippen LogP) is 4.03. The molecule has 0 bridgehead atoms. The molecular formula is C22H23NO4. The molecule has 3 aromatic rings. The van der Waals surface area contributed by atoms with Gasteiger partial charge in [-0.25, -0.2) is 4.98 Å². The third kappa shape index (κ3) is 3.89. The van der Waals surface area contributed by atoms with Crippen LogP contribution in [-0.2, 0) is 11.3 Å². The van der Waals surface area contributed by atoms with Crippen molar-refractivity contribution in [1.29, 1.82) is 0 Å². The minimum absolute atomic E-state index is 0.0215. The van der Waals surface area contributed by atoms with Gasteiger partial charge >= 0.3 is 0 Å². The van der Waals surface area contributed by atoms with Gasteiger partial charge in [-0.15, -0.1) is 0 Å². The van der Waals surface area contributed by atoms with Crippen molar-refractivity contribution in [1.82, 2.24) is 4.98 Å². The molecule has 27 heavy (non-hydrogen) atoms. The third-order valence-electron chi connectivity index (χ3n) is 4.54. The van der Waals surface area contributed by atoms with E-state index in [2.05, 4.69) is 4.98 Å². The molecule has 0 spiro atoms. The van der Waals surface area contributed by atoms with E-state index in [1.54, 1.807) is 0 Å². The molecule has 0 saturated heterocycles. The molecule has 0 unspecified atom stereocenters. The van der Waals surface area contributed by atoms with Crippen LogP contribution in [0.4, 0.5) is 0 Å². The molecule has 2 atom stereocenters. The number of nitrogens with zero attached hydrogens (tertiary/aromatic N) is 1. The van der Waals surface area contributed by atoms with Crippen LogP contribution in [-0.4, -0.2) is 28.9 Å². The van der Waals surface area contributed by atoms with E-state index in [1.165, 1.54) is 0 Å². The van der Waals surface area contributed by atoms with Gasteiger partial charge in [0, 0.05) is 10.9 Å². The van der Waals surface area contributed by atoms with E-state index < -0.39 is 6.10 Å². The van der Waals surface area contributed by atoms with Crippen LogP contribution in [0.2, 0.25) is 0 Å². The molecule has 140 valence electrons. The molecule has 5 heteroatoms. The number of ether oxygens (including phenoxy) is 3. The second kappa shape index (κ2) is 7.55. The molecular weight excluding hydrogens is 342 g/mol. The molecule has 5 nitrogen and oxygen atoms in total. The highest BCUT2D eigenvalue weighted by Gasteiger charge is 2.31. The van der Waals surface area contributed by atoms with Crippen LogP contribution in [0, 0.1) is 0 Å². The number of hydrogen-bond acceptors (Lipinski definition) is 5. The fourth-order valence-corrected chi connectivity index (χ4v) is 3.25. The zero-order valence-electron chi connectivity index (χ0n) is 15.5. The van der Waals surface area contributed by atoms with Crippen molar-refractivity contribution in [2.75, 3.05) is 6.61 Å². The summed E-state index contributed by atoms with van der Waals surface area (Å²) in [5.74, 6) is 1.33. The summed E-state index contributed by atoms with van der Waals surface area (Å²) in [4.78, 5) is 4.62.